The number of hydrogen-bond donors (Lipinski definition) is 1. The molecule has 1 aromatic rings. The zero-order chi connectivity index (χ0) is 13.9. The molecule has 102 valence electrons. The predicted molar refractivity (Wildman–Crippen MR) is 78.6 cm³/mol. The largest absolute Gasteiger partial charge is 0.316 e. The Hall–Kier alpha value is -1.09. The third kappa shape index (κ3) is 3.70. The summed E-state index contributed by atoms with van der Waals surface area (Å²) >= 11 is 0. The van der Waals surface area contributed by atoms with E-state index in [9.17, 15) is 0 Å². The maximum absolute atomic E-state index is 4.61. The molecule has 0 aliphatic carbocycles. The SMILES string of the molecule is CNCC(=Cc1cn(C)nc1C(C)(C)C)C(C)C. The van der Waals surface area contributed by atoms with Gasteiger partial charge in [0.25, 0.3) is 0 Å². The molecule has 0 saturated carbocycles. The van der Waals surface area contributed by atoms with Gasteiger partial charge >= 0.3 is 0 Å². The summed E-state index contributed by atoms with van der Waals surface area (Å²) in [6.07, 6.45) is 4.40. The van der Waals surface area contributed by atoms with Crippen LogP contribution in [0.25, 0.3) is 6.08 Å². The van der Waals surface area contributed by atoms with E-state index in [4.69, 9.17) is 0 Å². The fraction of sp³-hybridized carbons (Fsp3) is 0.667. The van der Waals surface area contributed by atoms with E-state index in [1.54, 1.807) is 0 Å². The highest BCUT2D eigenvalue weighted by molar-refractivity contribution is 5.56. The minimum Gasteiger partial charge on any atom is -0.316 e. The molecule has 0 saturated heterocycles. The van der Waals surface area contributed by atoms with E-state index < -0.39 is 0 Å². The van der Waals surface area contributed by atoms with Crippen molar-refractivity contribution in [2.45, 2.75) is 40.0 Å². The van der Waals surface area contributed by atoms with Gasteiger partial charge in [-0.15, -0.1) is 0 Å². The van der Waals surface area contributed by atoms with Gasteiger partial charge in [-0.25, -0.2) is 0 Å². The number of aryl methyl sites for hydroxylation is 1. The molecule has 0 radical (unpaired) electrons. The van der Waals surface area contributed by atoms with Gasteiger partial charge in [0.05, 0.1) is 5.69 Å². The molecule has 1 N–H and O–H groups in total. The Kier molecular flexibility index (Phi) is 4.74. The van der Waals surface area contributed by atoms with Crippen molar-refractivity contribution in [3.8, 4) is 0 Å². The van der Waals surface area contributed by atoms with Crippen molar-refractivity contribution in [3.05, 3.63) is 23.0 Å². The van der Waals surface area contributed by atoms with Crippen molar-refractivity contribution in [1.29, 1.82) is 0 Å². The van der Waals surface area contributed by atoms with Gasteiger partial charge < -0.3 is 5.32 Å². The Morgan fingerprint density at radius 1 is 1.44 bits per heavy atom. The van der Waals surface area contributed by atoms with Crippen molar-refractivity contribution < 1.29 is 0 Å². The van der Waals surface area contributed by atoms with Gasteiger partial charge in [0.15, 0.2) is 0 Å². The second-order valence-electron chi connectivity index (χ2n) is 6.26. The van der Waals surface area contributed by atoms with E-state index in [-0.39, 0.29) is 5.41 Å². The van der Waals surface area contributed by atoms with Crippen LogP contribution in [0.5, 0.6) is 0 Å². The van der Waals surface area contributed by atoms with Gasteiger partial charge in [-0.05, 0) is 13.0 Å². The summed E-state index contributed by atoms with van der Waals surface area (Å²) in [6.45, 7) is 12.0. The van der Waals surface area contributed by atoms with Crippen molar-refractivity contribution in [3.63, 3.8) is 0 Å². The van der Waals surface area contributed by atoms with Gasteiger partial charge in [-0.1, -0.05) is 46.3 Å². The molecule has 0 unspecified atom stereocenters. The maximum atomic E-state index is 4.61. The molecule has 0 aromatic carbocycles. The zero-order valence-electron chi connectivity index (χ0n) is 12.8. The monoisotopic (exact) mass is 249 g/mol. The first-order valence-electron chi connectivity index (χ1n) is 6.65. The number of hydrogen-bond acceptors (Lipinski definition) is 2. The number of rotatable bonds is 4. The van der Waals surface area contributed by atoms with Crippen LogP contribution in [0, 0.1) is 5.92 Å². The first kappa shape index (κ1) is 15.0. The molecule has 3 heteroatoms. The van der Waals surface area contributed by atoms with Crippen LogP contribution >= 0.6 is 0 Å². The van der Waals surface area contributed by atoms with Gasteiger partial charge in [0, 0.05) is 30.8 Å². The van der Waals surface area contributed by atoms with Crippen LogP contribution in [-0.4, -0.2) is 23.4 Å². The maximum Gasteiger partial charge on any atom is 0.0750 e. The summed E-state index contributed by atoms with van der Waals surface area (Å²) in [6, 6.07) is 0. The first-order valence-corrected chi connectivity index (χ1v) is 6.65. The molecule has 0 amide bonds. The second-order valence-corrected chi connectivity index (χ2v) is 6.26. The summed E-state index contributed by atoms with van der Waals surface area (Å²) < 4.78 is 1.91. The minimum absolute atomic E-state index is 0.0782. The van der Waals surface area contributed by atoms with Crippen LogP contribution in [-0.2, 0) is 12.5 Å². The summed E-state index contributed by atoms with van der Waals surface area (Å²) in [5.74, 6) is 0.547. The normalized spacial score (nSPS) is 13.4. The second kappa shape index (κ2) is 5.70. The first-order chi connectivity index (χ1) is 8.25. The third-order valence-electron chi connectivity index (χ3n) is 3.03. The van der Waals surface area contributed by atoms with Crippen molar-refractivity contribution in [1.82, 2.24) is 15.1 Å². The Balaban J connectivity index is 3.20. The van der Waals surface area contributed by atoms with Crippen molar-refractivity contribution in [2.24, 2.45) is 13.0 Å². The fourth-order valence-electron chi connectivity index (χ4n) is 2.02. The molecule has 0 aliphatic heterocycles. The molecule has 18 heavy (non-hydrogen) atoms. The van der Waals surface area contributed by atoms with Gasteiger partial charge in [-0.2, -0.15) is 5.10 Å². The average Bonchev–Trinajstić information content (AvgIpc) is 2.58. The smallest absolute Gasteiger partial charge is 0.0750 e. The van der Waals surface area contributed by atoms with Crippen molar-refractivity contribution in [2.75, 3.05) is 13.6 Å². The van der Waals surface area contributed by atoms with E-state index in [1.165, 1.54) is 16.8 Å². The minimum atomic E-state index is 0.0782. The van der Waals surface area contributed by atoms with Crippen LogP contribution in [0.3, 0.4) is 0 Å². The third-order valence-corrected chi connectivity index (χ3v) is 3.03. The number of likely N-dealkylation sites (N-methyl/N-ethyl adjacent to an activating group) is 1. The number of aromatic nitrogens is 2. The molecule has 0 bridgehead atoms. The van der Waals surface area contributed by atoms with Gasteiger partial charge in [-0.3, -0.25) is 4.68 Å². The fourth-order valence-corrected chi connectivity index (χ4v) is 2.02. The lowest BCUT2D eigenvalue weighted by atomic mass is 9.88. The van der Waals surface area contributed by atoms with Crippen LogP contribution in [0.4, 0.5) is 0 Å². The molecule has 1 heterocycles. The van der Waals surface area contributed by atoms with E-state index in [1.807, 2.05) is 18.8 Å². The van der Waals surface area contributed by atoms with Gasteiger partial charge in [0.1, 0.15) is 0 Å². The Labute approximate surface area is 111 Å². The van der Waals surface area contributed by atoms with Crippen LogP contribution in [0.1, 0.15) is 45.9 Å². The summed E-state index contributed by atoms with van der Waals surface area (Å²) in [5, 5.41) is 7.84. The lowest BCUT2D eigenvalue weighted by molar-refractivity contribution is 0.552. The lowest BCUT2D eigenvalue weighted by Gasteiger charge is -2.17. The van der Waals surface area contributed by atoms with E-state index in [0.29, 0.717) is 5.92 Å². The average molecular weight is 249 g/mol. The van der Waals surface area contributed by atoms with E-state index >= 15 is 0 Å². The molecule has 0 atom stereocenters. The van der Waals surface area contributed by atoms with Crippen LogP contribution < -0.4 is 5.32 Å². The Bertz CT molecular complexity index is 419. The summed E-state index contributed by atoms with van der Waals surface area (Å²) in [5.41, 5.74) is 3.90. The number of nitrogens with one attached hydrogen (secondary N) is 1. The highest BCUT2D eigenvalue weighted by atomic mass is 15.3. The molecule has 0 aliphatic rings. The molecule has 1 rings (SSSR count). The van der Waals surface area contributed by atoms with Crippen LogP contribution in [0.15, 0.2) is 11.8 Å². The highest BCUT2D eigenvalue weighted by Crippen LogP contribution is 2.26. The lowest BCUT2D eigenvalue weighted by Crippen LogP contribution is -2.16. The van der Waals surface area contributed by atoms with Gasteiger partial charge in [0.2, 0.25) is 0 Å². The molecular weight excluding hydrogens is 222 g/mol. The quantitative estimate of drug-likeness (QED) is 0.889. The zero-order valence-corrected chi connectivity index (χ0v) is 12.8. The number of nitrogens with zero attached hydrogens (tertiary/aromatic N) is 2. The standard InChI is InChI=1S/C15H27N3/c1-11(2)12(9-16-6)8-13-10-18(7)17-14(13)15(3,4)5/h8,10-11,16H,9H2,1-7H3. The predicted octanol–water partition coefficient (Wildman–Crippen LogP) is 2.98. The molecule has 3 nitrogen and oxygen atoms in total. The molecule has 1 aromatic heterocycles. The topological polar surface area (TPSA) is 29.9 Å². The van der Waals surface area contributed by atoms with E-state index in [2.05, 4.69) is 57.3 Å². The van der Waals surface area contributed by atoms with Crippen molar-refractivity contribution >= 4 is 6.08 Å². The molecular formula is C15H27N3. The molecule has 0 fully saturated rings. The molecule has 0 spiro atoms. The van der Waals surface area contributed by atoms with Crippen LogP contribution in [0.2, 0.25) is 0 Å². The Morgan fingerprint density at radius 2 is 2.06 bits per heavy atom. The summed E-state index contributed by atoms with van der Waals surface area (Å²) in [7, 11) is 3.98. The van der Waals surface area contributed by atoms with E-state index in [0.717, 1.165) is 6.54 Å². The summed E-state index contributed by atoms with van der Waals surface area (Å²) in [4.78, 5) is 0. The highest BCUT2D eigenvalue weighted by Gasteiger charge is 2.21. The Morgan fingerprint density at radius 3 is 2.50 bits per heavy atom.